The summed E-state index contributed by atoms with van der Waals surface area (Å²) in [5.74, 6) is 2.08. The molecule has 0 aliphatic rings. The number of carbonyl (C=O) groups is 1. The zero-order valence-electron chi connectivity index (χ0n) is 18.4. The fraction of sp³-hybridized carbons (Fsp3) is 0.348. The molecule has 3 aromatic rings. The van der Waals surface area contributed by atoms with Crippen molar-refractivity contribution in [1.82, 2.24) is 14.8 Å². The molecule has 0 aliphatic carbocycles. The normalized spacial score (nSPS) is 11.1. The summed E-state index contributed by atoms with van der Waals surface area (Å²) in [5.41, 5.74) is 4.30. The minimum absolute atomic E-state index is 0.0655. The molecule has 0 atom stereocenters. The van der Waals surface area contributed by atoms with Crippen LogP contribution in [0.2, 0.25) is 0 Å². The Morgan fingerprint density at radius 2 is 2.00 bits per heavy atom. The number of hydrogen-bond acceptors (Lipinski definition) is 5. The Bertz CT molecular complexity index is 1080. The minimum Gasteiger partial charge on any atom is -0.485 e. The first-order valence-electron chi connectivity index (χ1n) is 10.1. The summed E-state index contributed by atoms with van der Waals surface area (Å²) in [5, 5.41) is 12.2. The van der Waals surface area contributed by atoms with E-state index in [1.807, 2.05) is 42.8 Å². The number of ether oxygens (including phenoxy) is 1. The van der Waals surface area contributed by atoms with Gasteiger partial charge >= 0.3 is 0 Å². The smallest absolute Gasteiger partial charge is 0.234 e. The Hall–Kier alpha value is -2.07. The maximum atomic E-state index is 12.5. The lowest BCUT2D eigenvalue weighted by Crippen LogP contribution is -2.16. The molecule has 0 spiro atoms. The van der Waals surface area contributed by atoms with Crippen LogP contribution in [0.5, 0.6) is 5.75 Å². The van der Waals surface area contributed by atoms with Crippen LogP contribution in [-0.4, -0.2) is 26.4 Å². The number of thioether (sulfide) groups is 1. The maximum Gasteiger partial charge on any atom is 0.234 e. The summed E-state index contributed by atoms with van der Waals surface area (Å²) in [4.78, 5) is 12.5. The molecule has 0 aliphatic heterocycles. The fourth-order valence-electron chi connectivity index (χ4n) is 3.06. The molecule has 0 saturated heterocycles. The molecule has 0 fully saturated rings. The summed E-state index contributed by atoms with van der Waals surface area (Å²) >= 11 is 3.65. The van der Waals surface area contributed by atoms with Crippen molar-refractivity contribution >= 4 is 45.9 Å². The van der Waals surface area contributed by atoms with Crippen molar-refractivity contribution in [3.63, 3.8) is 0 Å². The number of aromatic nitrogens is 3. The van der Waals surface area contributed by atoms with Gasteiger partial charge in [-0.2, -0.15) is 0 Å². The molecule has 164 valence electrons. The van der Waals surface area contributed by atoms with Crippen LogP contribution < -0.4 is 10.1 Å². The van der Waals surface area contributed by atoms with Crippen molar-refractivity contribution in [3.8, 4) is 5.75 Å². The Labute approximate surface area is 201 Å². The fourth-order valence-corrected chi connectivity index (χ4v) is 4.31. The second kappa shape index (κ2) is 10.5. The predicted molar refractivity (Wildman–Crippen MR) is 134 cm³/mol. The van der Waals surface area contributed by atoms with Gasteiger partial charge in [-0.15, -0.1) is 10.2 Å². The van der Waals surface area contributed by atoms with Crippen molar-refractivity contribution in [1.29, 1.82) is 0 Å². The van der Waals surface area contributed by atoms with Gasteiger partial charge in [0.2, 0.25) is 5.91 Å². The summed E-state index contributed by atoms with van der Waals surface area (Å²) in [6.45, 7) is 8.67. The van der Waals surface area contributed by atoms with Crippen LogP contribution in [-0.2, 0) is 18.4 Å². The molecular formula is C23H27IN4O2S. The molecule has 3 rings (SSSR count). The van der Waals surface area contributed by atoms with Gasteiger partial charge in [-0.25, -0.2) is 0 Å². The van der Waals surface area contributed by atoms with Crippen molar-refractivity contribution in [2.75, 3.05) is 11.1 Å². The van der Waals surface area contributed by atoms with E-state index in [2.05, 4.69) is 71.0 Å². The highest BCUT2D eigenvalue weighted by Gasteiger charge is 2.14. The van der Waals surface area contributed by atoms with Gasteiger partial charge in [0, 0.05) is 16.3 Å². The Balaban J connectivity index is 1.59. The molecule has 8 heteroatoms. The van der Waals surface area contributed by atoms with Crippen molar-refractivity contribution in [2.24, 2.45) is 7.05 Å². The molecule has 0 bridgehead atoms. The topological polar surface area (TPSA) is 69.0 Å². The van der Waals surface area contributed by atoms with E-state index in [-0.39, 0.29) is 11.7 Å². The van der Waals surface area contributed by atoms with Gasteiger partial charge in [0.05, 0.1) is 5.75 Å². The molecule has 31 heavy (non-hydrogen) atoms. The second-order valence-corrected chi connectivity index (χ2v) is 9.86. The first-order chi connectivity index (χ1) is 14.8. The zero-order valence-corrected chi connectivity index (χ0v) is 21.4. The van der Waals surface area contributed by atoms with Crippen LogP contribution in [0.3, 0.4) is 0 Å². The van der Waals surface area contributed by atoms with E-state index in [9.17, 15) is 4.79 Å². The Morgan fingerprint density at radius 3 is 2.74 bits per heavy atom. The van der Waals surface area contributed by atoms with Crippen LogP contribution >= 0.6 is 34.4 Å². The second-order valence-electron chi connectivity index (χ2n) is 7.67. The van der Waals surface area contributed by atoms with Gasteiger partial charge in [-0.3, -0.25) is 4.79 Å². The first kappa shape index (κ1) is 23.6. The highest BCUT2D eigenvalue weighted by Crippen LogP contribution is 2.27. The quantitative estimate of drug-likeness (QED) is 0.298. The molecule has 1 heterocycles. The minimum atomic E-state index is -0.0655. The predicted octanol–water partition coefficient (Wildman–Crippen LogP) is 5.47. The summed E-state index contributed by atoms with van der Waals surface area (Å²) in [6, 6.07) is 12.1. The molecule has 1 amide bonds. The van der Waals surface area contributed by atoms with Crippen molar-refractivity contribution < 1.29 is 9.53 Å². The van der Waals surface area contributed by atoms with E-state index >= 15 is 0 Å². The number of halogens is 1. The number of nitrogens with one attached hydrogen (secondary N) is 1. The van der Waals surface area contributed by atoms with E-state index in [0.29, 0.717) is 23.5 Å². The van der Waals surface area contributed by atoms with Crippen LogP contribution in [0.1, 0.15) is 42.3 Å². The van der Waals surface area contributed by atoms with Gasteiger partial charge in [-0.1, -0.05) is 37.7 Å². The molecule has 1 aromatic heterocycles. The largest absolute Gasteiger partial charge is 0.485 e. The van der Waals surface area contributed by atoms with Gasteiger partial charge in [0.15, 0.2) is 11.0 Å². The summed E-state index contributed by atoms with van der Waals surface area (Å²) in [6.07, 6.45) is 0. The van der Waals surface area contributed by atoms with Crippen LogP contribution in [0.4, 0.5) is 5.69 Å². The number of amides is 1. The Kier molecular flexibility index (Phi) is 7.99. The number of hydrogen-bond donors (Lipinski definition) is 1. The molecule has 0 unspecified atom stereocenters. The summed E-state index contributed by atoms with van der Waals surface area (Å²) in [7, 11) is 1.89. The lowest BCUT2D eigenvalue weighted by atomic mass is 10.0. The molecule has 1 N–H and O–H groups in total. The van der Waals surface area contributed by atoms with Gasteiger partial charge < -0.3 is 14.6 Å². The standard InChI is InChI=1S/C23H27IN4O2S/c1-14(2)18-11-17(24)9-10-19(18)25-22(29)13-31-23-27-26-21(28(23)5)12-30-20-8-6-7-15(3)16(20)4/h6-11,14H,12-13H2,1-5H3,(H,25,29). The van der Waals surface area contributed by atoms with Gasteiger partial charge in [-0.05, 0) is 83.3 Å². The number of aryl methyl sites for hydroxylation is 1. The van der Waals surface area contributed by atoms with E-state index in [1.54, 1.807) is 0 Å². The first-order valence-corrected chi connectivity index (χ1v) is 12.1. The monoisotopic (exact) mass is 550 g/mol. The molecule has 2 aromatic carbocycles. The molecule has 0 saturated carbocycles. The lowest BCUT2D eigenvalue weighted by Gasteiger charge is -2.14. The SMILES string of the molecule is Cc1cccc(OCc2nnc(SCC(=O)Nc3ccc(I)cc3C(C)C)n2C)c1C. The average Bonchev–Trinajstić information content (AvgIpc) is 3.08. The van der Waals surface area contributed by atoms with Crippen LogP contribution in [0, 0.1) is 17.4 Å². The van der Waals surface area contributed by atoms with E-state index < -0.39 is 0 Å². The highest BCUT2D eigenvalue weighted by atomic mass is 127. The molecular weight excluding hydrogens is 523 g/mol. The maximum absolute atomic E-state index is 12.5. The van der Waals surface area contributed by atoms with E-state index in [1.165, 1.54) is 17.3 Å². The summed E-state index contributed by atoms with van der Waals surface area (Å²) < 4.78 is 8.96. The van der Waals surface area contributed by atoms with Crippen LogP contribution in [0.15, 0.2) is 41.6 Å². The average molecular weight is 550 g/mol. The van der Waals surface area contributed by atoms with E-state index in [4.69, 9.17) is 4.74 Å². The van der Waals surface area contributed by atoms with Crippen molar-refractivity contribution in [2.45, 2.75) is 45.4 Å². The Morgan fingerprint density at radius 1 is 1.23 bits per heavy atom. The number of rotatable bonds is 8. The van der Waals surface area contributed by atoms with Crippen molar-refractivity contribution in [3.05, 3.63) is 62.5 Å². The third kappa shape index (κ3) is 6.00. The van der Waals surface area contributed by atoms with Crippen LogP contribution in [0.25, 0.3) is 0 Å². The number of benzene rings is 2. The number of carbonyl (C=O) groups excluding carboxylic acids is 1. The third-order valence-electron chi connectivity index (χ3n) is 5.08. The molecule has 0 radical (unpaired) electrons. The zero-order chi connectivity index (χ0) is 22.5. The third-order valence-corrected chi connectivity index (χ3v) is 6.77. The van der Waals surface area contributed by atoms with E-state index in [0.717, 1.165) is 26.1 Å². The molecule has 6 nitrogen and oxygen atoms in total. The number of anilines is 1. The highest BCUT2D eigenvalue weighted by molar-refractivity contribution is 14.1. The van der Waals surface area contributed by atoms with Gasteiger partial charge in [0.1, 0.15) is 12.4 Å². The van der Waals surface area contributed by atoms with Gasteiger partial charge in [0.25, 0.3) is 0 Å². The number of nitrogens with zero attached hydrogens (tertiary/aromatic N) is 3. The lowest BCUT2D eigenvalue weighted by molar-refractivity contribution is -0.113.